The minimum atomic E-state index is -0.0550. The molecule has 140 valence electrons. The lowest BCUT2D eigenvalue weighted by Crippen LogP contribution is -2.19. The van der Waals surface area contributed by atoms with E-state index in [9.17, 15) is 4.79 Å². The molecule has 1 N–H and O–H groups in total. The molecular formula is C22H25N3O2. The van der Waals surface area contributed by atoms with Crippen LogP contribution in [-0.2, 0) is 13.0 Å². The zero-order chi connectivity index (χ0) is 19.2. The Kier molecular flexibility index (Phi) is 5.91. The molecule has 0 amide bonds. The number of H-pyrrole nitrogens is 1. The summed E-state index contributed by atoms with van der Waals surface area (Å²) in [6.45, 7) is 4.53. The Morgan fingerprint density at radius 2 is 1.81 bits per heavy atom. The van der Waals surface area contributed by atoms with Crippen LogP contribution in [-0.4, -0.2) is 22.6 Å². The number of ether oxygens (including phenoxy) is 1. The number of hydrogen-bond acceptors (Lipinski definition) is 3. The minimum Gasteiger partial charge on any atom is -0.497 e. The number of aryl methyl sites for hydroxylation is 1. The van der Waals surface area contributed by atoms with E-state index < -0.39 is 0 Å². The molecule has 5 nitrogen and oxygen atoms in total. The zero-order valence-electron chi connectivity index (χ0n) is 16.0. The van der Waals surface area contributed by atoms with Crippen molar-refractivity contribution in [2.45, 2.75) is 33.2 Å². The van der Waals surface area contributed by atoms with Gasteiger partial charge in [-0.25, -0.2) is 4.68 Å². The van der Waals surface area contributed by atoms with Crippen LogP contribution >= 0.6 is 0 Å². The maximum absolute atomic E-state index is 13.0. The highest BCUT2D eigenvalue weighted by atomic mass is 16.5. The Bertz CT molecular complexity index is 967. The normalized spacial score (nSPS) is 11.6. The predicted octanol–water partition coefficient (Wildman–Crippen LogP) is 4.14. The number of hydrogen-bond donors (Lipinski definition) is 1. The molecule has 1 aromatic heterocycles. The molecule has 1 heterocycles. The van der Waals surface area contributed by atoms with Gasteiger partial charge in [0.25, 0.3) is 5.56 Å². The van der Waals surface area contributed by atoms with E-state index in [2.05, 4.69) is 17.0 Å². The van der Waals surface area contributed by atoms with Crippen molar-refractivity contribution in [2.75, 3.05) is 7.11 Å². The molecule has 0 bridgehead atoms. The fourth-order valence-corrected chi connectivity index (χ4v) is 3.07. The first-order chi connectivity index (χ1) is 13.1. The fourth-order valence-electron chi connectivity index (χ4n) is 3.07. The van der Waals surface area contributed by atoms with Gasteiger partial charge in [0.15, 0.2) is 0 Å². The monoisotopic (exact) mass is 363 g/mol. The Balaban J connectivity index is 1.93. The molecule has 0 radical (unpaired) electrons. The fraction of sp³-hybridized carbons (Fsp3) is 0.273. The number of aliphatic imine (C=N–C) groups is 1. The lowest BCUT2D eigenvalue weighted by molar-refractivity contribution is 0.414. The van der Waals surface area contributed by atoms with Crippen LogP contribution < -0.4 is 10.3 Å². The molecule has 0 aliphatic carbocycles. The number of para-hydroxylation sites is 1. The third-order valence-electron chi connectivity index (χ3n) is 4.50. The Morgan fingerprint density at radius 3 is 2.44 bits per heavy atom. The molecule has 0 saturated heterocycles. The second-order valence-corrected chi connectivity index (χ2v) is 6.44. The number of benzene rings is 2. The van der Waals surface area contributed by atoms with Crippen molar-refractivity contribution < 1.29 is 4.74 Å². The lowest BCUT2D eigenvalue weighted by atomic mass is 10.1. The van der Waals surface area contributed by atoms with E-state index in [1.807, 2.05) is 61.5 Å². The molecule has 27 heavy (non-hydrogen) atoms. The Labute approximate surface area is 159 Å². The van der Waals surface area contributed by atoms with E-state index in [4.69, 9.17) is 4.74 Å². The largest absolute Gasteiger partial charge is 0.497 e. The molecule has 0 spiro atoms. The van der Waals surface area contributed by atoms with Crippen LogP contribution in [0.15, 0.2) is 64.4 Å². The van der Waals surface area contributed by atoms with Gasteiger partial charge in [0.2, 0.25) is 0 Å². The molecule has 5 heteroatoms. The van der Waals surface area contributed by atoms with Gasteiger partial charge in [0, 0.05) is 11.4 Å². The zero-order valence-corrected chi connectivity index (χ0v) is 16.0. The summed E-state index contributed by atoms with van der Waals surface area (Å²) in [6.07, 6.45) is 1.76. The van der Waals surface area contributed by atoms with Crippen molar-refractivity contribution in [1.82, 2.24) is 9.78 Å². The maximum atomic E-state index is 13.0. The summed E-state index contributed by atoms with van der Waals surface area (Å²) >= 11 is 0. The topological polar surface area (TPSA) is 59.4 Å². The van der Waals surface area contributed by atoms with Crippen LogP contribution in [0.5, 0.6) is 5.75 Å². The molecule has 0 aliphatic rings. The number of nitrogens with one attached hydrogen (secondary N) is 1. The molecule has 0 fully saturated rings. The van der Waals surface area contributed by atoms with Gasteiger partial charge in [-0.15, -0.1) is 0 Å². The van der Waals surface area contributed by atoms with Gasteiger partial charge in [0.1, 0.15) is 5.75 Å². The second kappa shape index (κ2) is 8.54. The number of aromatic nitrogens is 2. The van der Waals surface area contributed by atoms with E-state index in [1.165, 1.54) is 0 Å². The van der Waals surface area contributed by atoms with Crippen LogP contribution in [0.1, 0.15) is 37.1 Å². The van der Waals surface area contributed by atoms with Crippen molar-refractivity contribution in [2.24, 2.45) is 4.99 Å². The minimum absolute atomic E-state index is 0.0550. The summed E-state index contributed by atoms with van der Waals surface area (Å²) in [5.41, 5.74) is 4.21. The molecular weight excluding hydrogens is 338 g/mol. The van der Waals surface area contributed by atoms with Gasteiger partial charge in [0.05, 0.1) is 24.9 Å². The quantitative estimate of drug-likeness (QED) is 0.642. The predicted molar refractivity (Wildman–Crippen MR) is 109 cm³/mol. The highest BCUT2D eigenvalue weighted by Gasteiger charge is 2.17. The van der Waals surface area contributed by atoms with Crippen molar-refractivity contribution in [3.63, 3.8) is 0 Å². The van der Waals surface area contributed by atoms with E-state index in [-0.39, 0.29) is 5.56 Å². The van der Waals surface area contributed by atoms with Crippen molar-refractivity contribution in [3.8, 4) is 11.4 Å². The van der Waals surface area contributed by atoms with Crippen molar-refractivity contribution in [3.05, 3.63) is 81.8 Å². The molecule has 0 aliphatic heterocycles. The third kappa shape index (κ3) is 4.19. The first-order valence-electron chi connectivity index (χ1n) is 9.17. The molecule has 0 unspecified atom stereocenters. The van der Waals surface area contributed by atoms with E-state index in [0.29, 0.717) is 12.1 Å². The van der Waals surface area contributed by atoms with Crippen LogP contribution in [0.3, 0.4) is 0 Å². The second-order valence-electron chi connectivity index (χ2n) is 6.44. The summed E-state index contributed by atoms with van der Waals surface area (Å²) in [4.78, 5) is 17.7. The average Bonchev–Trinajstić information content (AvgIpc) is 3.03. The first kappa shape index (κ1) is 18.7. The summed E-state index contributed by atoms with van der Waals surface area (Å²) in [6, 6.07) is 17.4. The summed E-state index contributed by atoms with van der Waals surface area (Å²) in [5, 5.41) is 3.27. The smallest absolute Gasteiger partial charge is 0.280 e. The highest BCUT2D eigenvalue weighted by molar-refractivity contribution is 5.99. The van der Waals surface area contributed by atoms with Crippen molar-refractivity contribution in [1.29, 1.82) is 0 Å². The van der Waals surface area contributed by atoms with E-state index in [1.54, 1.807) is 11.8 Å². The van der Waals surface area contributed by atoms with E-state index >= 15 is 0 Å². The molecule has 2 aromatic carbocycles. The first-order valence-corrected chi connectivity index (χ1v) is 9.17. The van der Waals surface area contributed by atoms with Crippen LogP contribution in [0.2, 0.25) is 0 Å². The number of rotatable bonds is 7. The Morgan fingerprint density at radius 1 is 1.11 bits per heavy atom. The van der Waals surface area contributed by atoms with Gasteiger partial charge >= 0.3 is 0 Å². The SMILES string of the molecule is CCCc1[nH]n(-c2ccccc2)c(=O)c1C(C)=NCc1ccc(OC)cc1. The van der Waals surface area contributed by atoms with Gasteiger partial charge < -0.3 is 4.74 Å². The van der Waals surface area contributed by atoms with Crippen LogP contribution in [0.4, 0.5) is 0 Å². The number of methoxy groups -OCH3 is 1. The lowest BCUT2D eigenvalue weighted by Gasteiger charge is -2.03. The van der Waals surface area contributed by atoms with Crippen LogP contribution in [0.25, 0.3) is 5.69 Å². The third-order valence-corrected chi connectivity index (χ3v) is 4.50. The van der Waals surface area contributed by atoms with Crippen LogP contribution in [0, 0.1) is 0 Å². The average molecular weight is 363 g/mol. The van der Waals surface area contributed by atoms with E-state index in [0.717, 1.165) is 41.2 Å². The summed E-state index contributed by atoms with van der Waals surface area (Å²) in [7, 11) is 1.65. The van der Waals surface area contributed by atoms with Gasteiger partial charge in [-0.1, -0.05) is 43.7 Å². The standard InChI is InChI=1S/C22H25N3O2/c1-4-8-20-21(22(26)25(24-20)18-9-6-5-7-10-18)16(2)23-15-17-11-13-19(27-3)14-12-17/h5-7,9-14,24H,4,8,15H2,1-3H3. The molecule has 3 rings (SSSR count). The van der Waals surface area contributed by atoms with Gasteiger partial charge in [-0.05, 0) is 43.2 Å². The molecule has 0 atom stereocenters. The summed E-state index contributed by atoms with van der Waals surface area (Å²) in [5.74, 6) is 0.820. The maximum Gasteiger partial charge on any atom is 0.280 e. The highest BCUT2D eigenvalue weighted by Crippen LogP contribution is 2.14. The molecule has 3 aromatic rings. The number of nitrogens with zero attached hydrogens (tertiary/aromatic N) is 2. The van der Waals surface area contributed by atoms with Crippen molar-refractivity contribution >= 4 is 5.71 Å². The number of aromatic amines is 1. The summed E-state index contributed by atoms with van der Waals surface area (Å²) < 4.78 is 6.79. The Hall–Kier alpha value is -3.08. The van der Waals surface area contributed by atoms with Gasteiger partial charge in [-0.3, -0.25) is 14.9 Å². The molecule has 0 saturated carbocycles. The van der Waals surface area contributed by atoms with Gasteiger partial charge in [-0.2, -0.15) is 0 Å².